The molecule has 1 heterocycles. The minimum absolute atomic E-state index is 0.313. The highest BCUT2D eigenvalue weighted by Crippen LogP contribution is 2.14. The second kappa shape index (κ2) is 5.40. The van der Waals surface area contributed by atoms with E-state index in [9.17, 15) is 4.79 Å². The Morgan fingerprint density at radius 3 is 3.00 bits per heavy atom. The lowest BCUT2D eigenvalue weighted by molar-refractivity contribution is 0.111. The van der Waals surface area contributed by atoms with Gasteiger partial charge in [0.1, 0.15) is 18.1 Å². The van der Waals surface area contributed by atoms with Crippen molar-refractivity contribution in [3.8, 4) is 5.75 Å². The van der Waals surface area contributed by atoms with Crippen LogP contribution in [0.4, 0.5) is 0 Å². The van der Waals surface area contributed by atoms with Gasteiger partial charge in [-0.05, 0) is 25.1 Å². The van der Waals surface area contributed by atoms with E-state index in [1.54, 1.807) is 18.2 Å². The number of halogens is 1. The lowest BCUT2D eigenvalue weighted by atomic mass is 10.3. The molecule has 3 nitrogen and oxygen atoms in total. The van der Waals surface area contributed by atoms with Gasteiger partial charge in [-0.2, -0.15) is 0 Å². The van der Waals surface area contributed by atoms with Crippen molar-refractivity contribution < 1.29 is 9.53 Å². The third kappa shape index (κ3) is 2.85. The number of hydrogen-bond donors (Lipinski definition) is 0. The zero-order valence-corrected chi connectivity index (χ0v) is 8.49. The Balaban J connectivity index is 2.80. The standard InChI is InChI=1S/C10H10ClNO2/c1-8-3-4-10(9(7-13)12-8)14-6-2-5-11/h2-5,7H,6H2,1H3. The van der Waals surface area contributed by atoms with Crippen LogP contribution in [0.1, 0.15) is 16.2 Å². The molecule has 0 saturated heterocycles. The molecule has 1 rings (SSSR count). The molecule has 0 aliphatic carbocycles. The number of nitrogens with zero attached hydrogens (tertiary/aromatic N) is 1. The summed E-state index contributed by atoms with van der Waals surface area (Å²) in [6.07, 6.45) is 2.31. The monoisotopic (exact) mass is 211 g/mol. The highest BCUT2D eigenvalue weighted by Gasteiger charge is 2.03. The van der Waals surface area contributed by atoms with E-state index in [2.05, 4.69) is 4.98 Å². The SMILES string of the molecule is Cc1ccc(OCC=CCl)c(C=O)n1. The summed E-state index contributed by atoms with van der Waals surface area (Å²) in [4.78, 5) is 14.6. The van der Waals surface area contributed by atoms with Crippen LogP contribution >= 0.6 is 11.6 Å². The van der Waals surface area contributed by atoms with Gasteiger partial charge in [0.25, 0.3) is 0 Å². The summed E-state index contributed by atoms with van der Waals surface area (Å²) in [5.41, 5.74) is 2.46. The maximum atomic E-state index is 10.6. The Morgan fingerprint density at radius 1 is 1.57 bits per heavy atom. The van der Waals surface area contributed by atoms with Crippen LogP contribution in [0.2, 0.25) is 0 Å². The van der Waals surface area contributed by atoms with Gasteiger partial charge in [-0.15, -0.1) is 0 Å². The van der Waals surface area contributed by atoms with Crippen LogP contribution in [-0.2, 0) is 0 Å². The first-order chi connectivity index (χ1) is 6.77. The van der Waals surface area contributed by atoms with Crippen LogP contribution in [0.3, 0.4) is 0 Å². The summed E-state index contributed by atoms with van der Waals surface area (Å²) in [6.45, 7) is 2.14. The van der Waals surface area contributed by atoms with Crippen molar-refractivity contribution in [3.63, 3.8) is 0 Å². The molecule has 0 atom stereocenters. The number of hydrogen-bond acceptors (Lipinski definition) is 3. The van der Waals surface area contributed by atoms with Crippen LogP contribution < -0.4 is 4.74 Å². The molecule has 0 unspecified atom stereocenters. The maximum absolute atomic E-state index is 10.6. The summed E-state index contributed by atoms with van der Waals surface area (Å²) < 4.78 is 5.26. The zero-order valence-electron chi connectivity index (χ0n) is 7.74. The minimum atomic E-state index is 0.313. The second-order valence-electron chi connectivity index (χ2n) is 2.63. The quantitative estimate of drug-likeness (QED) is 0.718. The molecule has 4 heteroatoms. The van der Waals surface area contributed by atoms with Gasteiger partial charge in [0, 0.05) is 11.2 Å². The Morgan fingerprint density at radius 2 is 2.36 bits per heavy atom. The first kappa shape index (κ1) is 10.7. The average molecular weight is 212 g/mol. The Hall–Kier alpha value is -1.35. The molecule has 0 aliphatic rings. The van der Waals surface area contributed by atoms with Gasteiger partial charge in [0.05, 0.1) is 0 Å². The van der Waals surface area contributed by atoms with Crippen LogP contribution in [-0.4, -0.2) is 17.9 Å². The van der Waals surface area contributed by atoms with E-state index in [1.165, 1.54) is 5.54 Å². The largest absolute Gasteiger partial charge is 0.487 e. The molecule has 1 aromatic rings. The summed E-state index contributed by atoms with van der Waals surface area (Å²) >= 11 is 5.32. The molecular weight excluding hydrogens is 202 g/mol. The predicted octanol–water partition coefficient (Wildman–Crippen LogP) is 2.33. The third-order valence-corrected chi connectivity index (χ3v) is 1.74. The zero-order chi connectivity index (χ0) is 10.4. The summed E-state index contributed by atoms with van der Waals surface area (Å²) in [6, 6.07) is 3.50. The van der Waals surface area contributed by atoms with E-state index in [0.717, 1.165) is 5.69 Å². The van der Waals surface area contributed by atoms with Gasteiger partial charge in [-0.25, -0.2) is 4.98 Å². The fraction of sp³-hybridized carbons (Fsp3) is 0.200. The Kier molecular flexibility index (Phi) is 4.13. The van der Waals surface area contributed by atoms with Crippen molar-refractivity contribution in [1.29, 1.82) is 0 Å². The highest BCUT2D eigenvalue weighted by molar-refractivity contribution is 6.25. The average Bonchev–Trinajstić information content (AvgIpc) is 2.20. The molecule has 0 spiro atoms. The number of aldehydes is 1. The fourth-order valence-corrected chi connectivity index (χ4v) is 1.02. The van der Waals surface area contributed by atoms with Crippen LogP contribution in [0, 0.1) is 6.92 Å². The molecule has 74 valence electrons. The van der Waals surface area contributed by atoms with Gasteiger partial charge < -0.3 is 4.74 Å². The third-order valence-electron chi connectivity index (χ3n) is 1.56. The fourth-order valence-electron chi connectivity index (χ4n) is 0.945. The number of aryl methyl sites for hydroxylation is 1. The van der Waals surface area contributed by atoms with E-state index in [4.69, 9.17) is 16.3 Å². The lowest BCUT2D eigenvalue weighted by Crippen LogP contribution is -1.99. The lowest BCUT2D eigenvalue weighted by Gasteiger charge is -2.05. The normalized spacial score (nSPS) is 10.4. The van der Waals surface area contributed by atoms with Crippen molar-refractivity contribution >= 4 is 17.9 Å². The van der Waals surface area contributed by atoms with E-state index in [0.29, 0.717) is 24.3 Å². The molecule has 0 bridgehead atoms. The van der Waals surface area contributed by atoms with Crippen LogP contribution in [0.25, 0.3) is 0 Å². The summed E-state index contributed by atoms with van der Waals surface area (Å²) in [7, 11) is 0. The molecule has 0 aliphatic heterocycles. The number of carbonyl (C=O) groups excluding carboxylic acids is 1. The smallest absolute Gasteiger partial charge is 0.172 e. The maximum Gasteiger partial charge on any atom is 0.172 e. The molecule has 0 radical (unpaired) electrons. The first-order valence-corrected chi connectivity index (χ1v) is 4.52. The van der Waals surface area contributed by atoms with Gasteiger partial charge in [0.2, 0.25) is 0 Å². The predicted molar refractivity (Wildman–Crippen MR) is 54.8 cm³/mol. The van der Waals surface area contributed by atoms with Crippen molar-refractivity contribution in [3.05, 3.63) is 35.1 Å². The van der Waals surface area contributed by atoms with E-state index in [-0.39, 0.29) is 0 Å². The second-order valence-corrected chi connectivity index (χ2v) is 2.88. The van der Waals surface area contributed by atoms with E-state index < -0.39 is 0 Å². The van der Waals surface area contributed by atoms with Crippen molar-refractivity contribution in [2.24, 2.45) is 0 Å². The molecule has 14 heavy (non-hydrogen) atoms. The molecular formula is C10H10ClNO2. The molecule has 0 saturated carbocycles. The topological polar surface area (TPSA) is 39.2 Å². The van der Waals surface area contributed by atoms with Gasteiger partial charge in [-0.3, -0.25) is 4.79 Å². The summed E-state index contributed by atoms with van der Waals surface area (Å²) in [5, 5.41) is 0. The van der Waals surface area contributed by atoms with Crippen LogP contribution in [0.5, 0.6) is 5.75 Å². The molecule has 0 N–H and O–H groups in total. The molecule has 1 aromatic heterocycles. The molecule has 0 fully saturated rings. The highest BCUT2D eigenvalue weighted by atomic mass is 35.5. The summed E-state index contributed by atoms with van der Waals surface area (Å²) in [5.74, 6) is 0.473. The van der Waals surface area contributed by atoms with E-state index >= 15 is 0 Å². The molecule has 0 amide bonds. The van der Waals surface area contributed by atoms with Crippen molar-refractivity contribution in [2.45, 2.75) is 6.92 Å². The number of ether oxygens (including phenoxy) is 1. The van der Waals surface area contributed by atoms with Crippen LogP contribution in [0.15, 0.2) is 23.7 Å². The first-order valence-electron chi connectivity index (χ1n) is 4.08. The minimum Gasteiger partial charge on any atom is -0.487 e. The van der Waals surface area contributed by atoms with Crippen molar-refractivity contribution in [2.75, 3.05) is 6.61 Å². The van der Waals surface area contributed by atoms with Gasteiger partial charge in [0.15, 0.2) is 6.29 Å². The number of rotatable bonds is 4. The number of pyridine rings is 1. The van der Waals surface area contributed by atoms with Gasteiger partial charge >= 0.3 is 0 Å². The number of carbonyl (C=O) groups is 1. The number of aromatic nitrogens is 1. The van der Waals surface area contributed by atoms with E-state index in [1.807, 2.05) is 6.92 Å². The van der Waals surface area contributed by atoms with Crippen molar-refractivity contribution in [1.82, 2.24) is 4.98 Å². The molecule has 0 aromatic carbocycles. The Labute approximate surface area is 87.4 Å². The van der Waals surface area contributed by atoms with Gasteiger partial charge in [-0.1, -0.05) is 11.6 Å². The Bertz CT molecular complexity index is 350.